The van der Waals surface area contributed by atoms with Crippen LogP contribution in [-0.4, -0.2) is 17.6 Å². The van der Waals surface area contributed by atoms with E-state index in [9.17, 15) is 9.59 Å². The van der Waals surface area contributed by atoms with Gasteiger partial charge < -0.3 is 10.6 Å². The van der Waals surface area contributed by atoms with Gasteiger partial charge in [0, 0.05) is 11.8 Å². The second kappa shape index (κ2) is 8.39. The van der Waals surface area contributed by atoms with E-state index in [1.165, 1.54) is 18.7 Å². The Morgan fingerprint density at radius 3 is 2.39 bits per heavy atom. The van der Waals surface area contributed by atoms with Gasteiger partial charge in [0.1, 0.15) is 0 Å². The Morgan fingerprint density at radius 2 is 1.70 bits per heavy atom. The lowest BCUT2D eigenvalue weighted by molar-refractivity contribution is -0.119. The predicted octanol–water partition coefficient (Wildman–Crippen LogP) is 3.61. The van der Waals surface area contributed by atoms with Gasteiger partial charge in [-0.1, -0.05) is 42.5 Å². The quantitative estimate of drug-likeness (QED) is 0.796. The van der Waals surface area contributed by atoms with Crippen LogP contribution in [0.2, 0.25) is 0 Å². The van der Waals surface area contributed by atoms with E-state index in [-0.39, 0.29) is 17.9 Å². The molecule has 0 unspecified atom stereocenters. The number of carbonyl (C=O) groups excluding carboxylic acids is 2. The van der Waals surface area contributed by atoms with Crippen molar-refractivity contribution in [2.45, 2.75) is 24.8 Å². The van der Waals surface area contributed by atoms with Crippen LogP contribution in [0.1, 0.15) is 25.5 Å². The van der Waals surface area contributed by atoms with Gasteiger partial charge in [-0.15, -0.1) is 11.8 Å². The molecule has 2 aromatic rings. The highest BCUT2D eigenvalue weighted by Gasteiger charge is 2.11. The maximum atomic E-state index is 12.1. The van der Waals surface area contributed by atoms with E-state index in [0.717, 1.165) is 16.1 Å². The summed E-state index contributed by atoms with van der Waals surface area (Å²) < 4.78 is 0. The van der Waals surface area contributed by atoms with Crippen molar-refractivity contribution in [3.63, 3.8) is 0 Å². The molecule has 0 saturated heterocycles. The summed E-state index contributed by atoms with van der Waals surface area (Å²) >= 11 is 1.41. The van der Waals surface area contributed by atoms with Crippen molar-refractivity contribution in [3.8, 4) is 0 Å². The van der Waals surface area contributed by atoms with Gasteiger partial charge in [-0.3, -0.25) is 9.59 Å². The molecule has 0 radical (unpaired) electrons. The van der Waals surface area contributed by atoms with E-state index in [1.807, 2.05) is 61.5 Å². The summed E-state index contributed by atoms with van der Waals surface area (Å²) in [6.07, 6.45) is 0. The van der Waals surface area contributed by atoms with Gasteiger partial charge in [0.25, 0.3) is 0 Å². The first-order chi connectivity index (χ1) is 11.1. The van der Waals surface area contributed by atoms with Crippen LogP contribution in [0.25, 0.3) is 0 Å². The third-order valence-corrected chi connectivity index (χ3v) is 4.31. The van der Waals surface area contributed by atoms with Crippen LogP contribution in [0, 0.1) is 0 Å². The summed E-state index contributed by atoms with van der Waals surface area (Å²) in [4.78, 5) is 24.2. The maximum absolute atomic E-state index is 12.1. The van der Waals surface area contributed by atoms with Crippen LogP contribution in [-0.2, 0) is 9.59 Å². The molecule has 120 valence electrons. The summed E-state index contributed by atoms with van der Waals surface area (Å²) in [6.45, 7) is 3.43. The lowest BCUT2D eigenvalue weighted by Crippen LogP contribution is -2.28. The number of anilines is 1. The number of amides is 2. The van der Waals surface area contributed by atoms with Gasteiger partial charge in [0.05, 0.1) is 17.5 Å². The zero-order valence-corrected chi connectivity index (χ0v) is 14.0. The topological polar surface area (TPSA) is 58.2 Å². The second-order valence-corrected chi connectivity index (χ2v) is 6.18. The van der Waals surface area contributed by atoms with Gasteiger partial charge in [-0.25, -0.2) is 0 Å². The third kappa shape index (κ3) is 5.45. The van der Waals surface area contributed by atoms with Gasteiger partial charge in [0.15, 0.2) is 0 Å². The van der Waals surface area contributed by atoms with E-state index in [4.69, 9.17) is 0 Å². The second-order valence-electron chi connectivity index (χ2n) is 5.17. The molecule has 0 aliphatic heterocycles. The molecule has 0 heterocycles. The van der Waals surface area contributed by atoms with Crippen LogP contribution in [0.5, 0.6) is 0 Å². The van der Waals surface area contributed by atoms with Crippen LogP contribution < -0.4 is 10.6 Å². The van der Waals surface area contributed by atoms with Crippen molar-refractivity contribution in [1.82, 2.24) is 5.32 Å². The highest BCUT2D eigenvalue weighted by molar-refractivity contribution is 8.00. The van der Waals surface area contributed by atoms with Gasteiger partial charge in [0.2, 0.25) is 11.8 Å². The van der Waals surface area contributed by atoms with Crippen LogP contribution in [0.3, 0.4) is 0 Å². The molecule has 0 aliphatic carbocycles. The van der Waals surface area contributed by atoms with Crippen molar-refractivity contribution < 1.29 is 9.59 Å². The van der Waals surface area contributed by atoms with Gasteiger partial charge in [-0.05, 0) is 24.6 Å². The molecular weight excluding hydrogens is 308 g/mol. The molecule has 4 nitrogen and oxygen atoms in total. The molecule has 0 spiro atoms. The zero-order valence-electron chi connectivity index (χ0n) is 13.2. The number of thioether (sulfide) groups is 1. The minimum absolute atomic E-state index is 0.0325. The number of para-hydroxylation sites is 1. The Hall–Kier alpha value is -2.27. The summed E-state index contributed by atoms with van der Waals surface area (Å²) in [5, 5.41) is 5.75. The smallest absolute Gasteiger partial charge is 0.230 e. The Balaban J connectivity index is 1.91. The van der Waals surface area contributed by atoms with Crippen molar-refractivity contribution in [2.75, 3.05) is 11.1 Å². The van der Waals surface area contributed by atoms with E-state index in [2.05, 4.69) is 10.6 Å². The zero-order chi connectivity index (χ0) is 16.7. The fourth-order valence-electron chi connectivity index (χ4n) is 2.14. The van der Waals surface area contributed by atoms with Crippen molar-refractivity contribution in [3.05, 3.63) is 60.2 Å². The highest BCUT2D eigenvalue weighted by atomic mass is 32.2. The molecule has 2 amide bonds. The predicted molar refractivity (Wildman–Crippen MR) is 94.5 cm³/mol. The molecule has 2 aromatic carbocycles. The maximum Gasteiger partial charge on any atom is 0.230 e. The molecule has 2 N–H and O–H groups in total. The van der Waals surface area contributed by atoms with Crippen LogP contribution >= 0.6 is 11.8 Å². The van der Waals surface area contributed by atoms with Crippen LogP contribution in [0.4, 0.5) is 5.69 Å². The number of hydrogen-bond acceptors (Lipinski definition) is 3. The van der Waals surface area contributed by atoms with E-state index < -0.39 is 0 Å². The minimum atomic E-state index is -0.125. The number of rotatable bonds is 6. The molecular formula is C18H20N2O2S. The monoisotopic (exact) mass is 328 g/mol. The molecule has 0 bridgehead atoms. The number of hydrogen-bond donors (Lipinski definition) is 2. The highest BCUT2D eigenvalue weighted by Crippen LogP contribution is 2.27. The summed E-state index contributed by atoms with van der Waals surface area (Å²) in [5.74, 6) is 0.137. The lowest BCUT2D eigenvalue weighted by atomic mass is 10.1. The fourth-order valence-corrected chi connectivity index (χ4v) is 2.96. The molecule has 0 aliphatic rings. The number of nitrogens with one attached hydrogen (secondary N) is 2. The number of carbonyl (C=O) groups is 2. The average molecular weight is 328 g/mol. The first-order valence-corrected chi connectivity index (χ1v) is 8.38. The lowest BCUT2D eigenvalue weighted by Gasteiger charge is -2.14. The standard InChI is InChI=1S/C18H20N2O2S/c1-13(15-8-4-3-5-9-15)19-18(22)12-23-17-11-7-6-10-16(17)20-14(2)21/h3-11,13H,12H2,1-2H3,(H,19,22)(H,20,21)/t13-/m1/s1. The van der Waals surface area contributed by atoms with E-state index in [1.54, 1.807) is 0 Å². The van der Waals surface area contributed by atoms with Crippen molar-refractivity contribution >= 4 is 29.3 Å². The molecule has 1 atom stereocenters. The summed E-state index contributed by atoms with van der Waals surface area (Å²) in [7, 11) is 0. The van der Waals surface area contributed by atoms with Crippen molar-refractivity contribution in [2.24, 2.45) is 0 Å². The van der Waals surface area contributed by atoms with Gasteiger partial charge >= 0.3 is 0 Å². The summed E-state index contributed by atoms with van der Waals surface area (Å²) in [5.41, 5.74) is 1.80. The normalized spacial score (nSPS) is 11.6. The Bertz CT molecular complexity index is 674. The number of benzene rings is 2. The molecule has 5 heteroatoms. The summed E-state index contributed by atoms with van der Waals surface area (Å²) in [6, 6.07) is 17.3. The Labute approximate surface area is 140 Å². The van der Waals surface area contributed by atoms with Crippen molar-refractivity contribution in [1.29, 1.82) is 0 Å². The largest absolute Gasteiger partial charge is 0.349 e. The molecule has 2 rings (SSSR count). The average Bonchev–Trinajstić information content (AvgIpc) is 2.54. The minimum Gasteiger partial charge on any atom is -0.349 e. The molecule has 23 heavy (non-hydrogen) atoms. The van der Waals surface area contributed by atoms with E-state index >= 15 is 0 Å². The fraction of sp³-hybridized carbons (Fsp3) is 0.222. The molecule has 0 saturated carbocycles. The molecule has 0 aromatic heterocycles. The van der Waals surface area contributed by atoms with Crippen LogP contribution in [0.15, 0.2) is 59.5 Å². The SMILES string of the molecule is CC(=O)Nc1ccccc1SCC(=O)N[C@H](C)c1ccccc1. The first kappa shape index (κ1) is 17.1. The first-order valence-electron chi connectivity index (χ1n) is 7.40. The molecule has 0 fully saturated rings. The Morgan fingerprint density at radius 1 is 1.04 bits per heavy atom. The van der Waals surface area contributed by atoms with Gasteiger partial charge in [-0.2, -0.15) is 0 Å². The third-order valence-electron chi connectivity index (χ3n) is 3.23. The Kier molecular flexibility index (Phi) is 6.23. The van der Waals surface area contributed by atoms with E-state index in [0.29, 0.717) is 5.75 Å².